The van der Waals surface area contributed by atoms with Crippen LogP contribution >= 0.6 is 0 Å². The van der Waals surface area contributed by atoms with Gasteiger partial charge in [-0.25, -0.2) is 8.78 Å². The van der Waals surface area contributed by atoms with E-state index >= 15 is 0 Å². The van der Waals surface area contributed by atoms with Gasteiger partial charge in [0.2, 0.25) is 0 Å². The summed E-state index contributed by atoms with van der Waals surface area (Å²) >= 11 is 0. The molecule has 1 aliphatic heterocycles. The van der Waals surface area contributed by atoms with Crippen LogP contribution in [0.1, 0.15) is 17.2 Å². The molecule has 6 rings (SSSR count). The quantitative estimate of drug-likeness (QED) is 0.170. The molecule has 5 aromatic rings. The fraction of sp³-hybridized carbons (Fsp3) is 0.0323. The number of carbonyl (C=O) groups is 2. The van der Waals surface area contributed by atoms with Crippen molar-refractivity contribution in [3.05, 3.63) is 131 Å². The van der Waals surface area contributed by atoms with Crippen molar-refractivity contribution in [1.29, 1.82) is 0 Å². The van der Waals surface area contributed by atoms with Crippen LogP contribution in [-0.2, 0) is 9.59 Å². The average molecular weight is 491 g/mol. The predicted octanol–water partition coefficient (Wildman–Crippen LogP) is 6.90. The molecule has 1 aliphatic rings. The Hall–Kier alpha value is -4.84. The summed E-state index contributed by atoms with van der Waals surface area (Å²) in [6.45, 7) is 0. The van der Waals surface area contributed by atoms with Crippen molar-refractivity contribution in [2.45, 2.75) is 6.04 Å². The molecule has 1 N–H and O–H groups in total. The number of anilines is 1. The molecule has 5 aromatic carbocycles. The lowest BCUT2D eigenvalue weighted by atomic mass is 9.91. The average Bonchev–Trinajstić information content (AvgIpc) is 3.19. The summed E-state index contributed by atoms with van der Waals surface area (Å²) in [5.41, 5.74) is 0.828. The molecule has 0 spiro atoms. The topological polar surface area (TPSA) is 57.6 Å². The number of benzene rings is 5. The van der Waals surface area contributed by atoms with Crippen LogP contribution in [0.4, 0.5) is 14.5 Å². The van der Waals surface area contributed by atoms with Gasteiger partial charge in [-0.15, -0.1) is 0 Å². The molecule has 1 heterocycles. The SMILES string of the molecule is O=C1C(=O)N(c2ccc(F)c(F)c2)C(c2cccc3ccccc23)/C1=C(/O)c1ccc2ccccc2c1. The van der Waals surface area contributed by atoms with Gasteiger partial charge in [-0.05, 0) is 45.3 Å². The van der Waals surface area contributed by atoms with Crippen molar-refractivity contribution in [3.8, 4) is 0 Å². The summed E-state index contributed by atoms with van der Waals surface area (Å²) in [7, 11) is 0. The maximum Gasteiger partial charge on any atom is 0.300 e. The fourth-order valence-electron chi connectivity index (χ4n) is 5.01. The van der Waals surface area contributed by atoms with Crippen LogP contribution in [0, 0.1) is 11.6 Å². The summed E-state index contributed by atoms with van der Waals surface area (Å²) in [5.74, 6) is -4.41. The number of amides is 1. The molecular weight excluding hydrogens is 472 g/mol. The van der Waals surface area contributed by atoms with Crippen LogP contribution in [0.3, 0.4) is 0 Å². The van der Waals surface area contributed by atoms with E-state index in [1.54, 1.807) is 24.3 Å². The van der Waals surface area contributed by atoms with Gasteiger partial charge in [-0.1, -0.05) is 78.9 Å². The molecule has 0 saturated carbocycles. The summed E-state index contributed by atoms with van der Waals surface area (Å²) in [6, 6.07) is 27.7. The minimum atomic E-state index is -1.15. The second-order valence-corrected chi connectivity index (χ2v) is 8.90. The summed E-state index contributed by atoms with van der Waals surface area (Å²) < 4.78 is 28.0. The molecule has 0 radical (unpaired) electrons. The van der Waals surface area contributed by atoms with Crippen LogP contribution in [0.5, 0.6) is 0 Å². The van der Waals surface area contributed by atoms with Crippen molar-refractivity contribution in [2.75, 3.05) is 4.90 Å². The highest BCUT2D eigenvalue weighted by atomic mass is 19.2. The summed E-state index contributed by atoms with van der Waals surface area (Å²) in [6.07, 6.45) is 0. The molecule has 1 unspecified atom stereocenters. The highest BCUT2D eigenvalue weighted by molar-refractivity contribution is 6.52. The Morgan fingerprint density at radius 1 is 0.703 bits per heavy atom. The lowest BCUT2D eigenvalue weighted by Crippen LogP contribution is -2.29. The second-order valence-electron chi connectivity index (χ2n) is 8.90. The number of carbonyl (C=O) groups excluding carboxylic acids is 2. The van der Waals surface area contributed by atoms with E-state index in [4.69, 9.17) is 0 Å². The third-order valence-electron chi connectivity index (χ3n) is 6.77. The van der Waals surface area contributed by atoms with Gasteiger partial charge in [-0.2, -0.15) is 0 Å². The number of aliphatic hydroxyl groups excluding tert-OH is 1. The minimum Gasteiger partial charge on any atom is -0.507 e. The Kier molecular flexibility index (Phi) is 5.30. The maximum absolute atomic E-state index is 14.2. The van der Waals surface area contributed by atoms with E-state index in [-0.39, 0.29) is 17.0 Å². The molecule has 1 fully saturated rings. The second kappa shape index (κ2) is 8.68. The van der Waals surface area contributed by atoms with Gasteiger partial charge in [-0.3, -0.25) is 14.5 Å². The van der Waals surface area contributed by atoms with Gasteiger partial charge in [0, 0.05) is 17.3 Å². The number of ketones is 1. The monoisotopic (exact) mass is 491 g/mol. The molecule has 6 heteroatoms. The first-order chi connectivity index (χ1) is 17.9. The van der Waals surface area contributed by atoms with Crippen LogP contribution in [0.25, 0.3) is 27.3 Å². The molecule has 1 amide bonds. The number of hydrogen-bond donors (Lipinski definition) is 1. The van der Waals surface area contributed by atoms with Crippen LogP contribution in [0.2, 0.25) is 0 Å². The van der Waals surface area contributed by atoms with E-state index in [1.165, 1.54) is 6.07 Å². The fourth-order valence-corrected chi connectivity index (χ4v) is 5.01. The van der Waals surface area contributed by atoms with Gasteiger partial charge >= 0.3 is 0 Å². The van der Waals surface area contributed by atoms with Crippen molar-refractivity contribution in [3.63, 3.8) is 0 Å². The van der Waals surface area contributed by atoms with E-state index in [9.17, 15) is 23.5 Å². The first-order valence-corrected chi connectivity index (χ1v) is 11.7. The van der Waals surface area contributed by atoms with Crippen LogP contribution in [0.15, 0.2) is 109 Å². The van der Waals surface area contributed by atoms with Gasteiger partial charge in [0.25, 0.3) is 11.7 Å². The lowest BCUT2D eigenvalue weighted by molar-refractivity contribution is -0.132. The lowest BCUT2D eigenvalue weighted by Gasteiger charge is -2.26. The van der Waals surface area contributed by atoms with E-state index < -0.39 is 29.4 Å². The van der Waals surface area contributed by atoms with E-state index in [2.05, 4.69) is 0 Å². The van der Waals surface area contributed by atoms with E-state index in [0.717, 1.165) is 38.6 Å². The summed E-state index contributed by atoms with van der Waals surface area (Å²) in [4.78, 5) is 28.0. The van der Waals surface area contributed by atoms with Gasteiger partial charge < -0.3 is 5.11 Å². The zero-order valence-corrected chi connectivity index (χ0v) is 19.4. The molecule has 1 saturated heterocycles. The normalized spacial score (nSPS) is 17.1. The Labute approximate surface area is 210 Å². The molecule has 37 heavy (non-hydrogen) atoms. The first-order valence-electron chi connectivity index (χ1n) is 11.7. The number of rotatable bonds is 3. The number of fused-ring (bicyclic) bond motifs is 2. The van der Waals surface area contributed by atoms with Gasteiger partial charge in [0.1, 0.15) is 5.76 Å². The Bertz CT molecular complexity index is 1770. The summed E-state index contributed by atoms with van der Waals surface area (Å²) in [5, 5.41) is 14.9. The number of Topliss-reactive ketones (excluding diaryl/α,β-unsaturated/α-hetero) is 1. The van der Waals surface area contributed by atoms with Crippen molar-refractivity contribution < 1.29 is 23.5 Å². The van der Waals surface area contributed by atoms with Crippen LogP contribution < -0.4 is 4.90 Å². The zero-order chi connectivity index (χ0) is 25.7. The first kappa shape index (κ1) is 22.6. The Morgan fingerprint density at radius 2 is 1.41 bits per heavy atom. The molecular formula is C31H19F2NO3. The number of halogens is 2. The Morgan fingerprint density at radius 3 is 2.19 bits per heavy atom. The molecule has 1 atom stereocenters. The molecule has 180 valence electrons. The molecule has 0 bridgehead atoms. The largest absolute Gasteiger partial charge is 0.507 e. The minimum absolute atomic E-state index is 0.0106. The number of aliphatic hydroxyl groups is 1. The maximum atomic E-state index is 14.2. The van der Waals surface area contributed by atoms with Crippen LogP contribution in [-0.4, -0.2) is 16.8 Å². The smallest absolute Gasteiger partial charge is 0.300 e. The molecule has 4 nitrogen and oxygen atoms in total. The highest BCUT2D eigenvalue weighted by Crippen LogP contribution is 2.44. The number of hydrogen-bond acceptors (Lipinski definition) is 3. The van der Waals surface area contributed by atoms with E-state index in [0.29, 0.717) is 11.1 Å². The third-order valence-corrected chi connectivity index (χ3v) is 6.77. The Balaban J connectivity index is 1.63. The van der Waals surface area contributed by atoms with Crippen molar-refractivity contribution in [2.24, 2.45) is 0 Å². The zero-order valence-electron chi connectivity index (χ0n) is 19.4. The van der Waals surface area contributed by atoms with Crippen molar-refractivity contribution >= 4 is 44.7 Å². The van der Waals surface area contributed by atoms with E-state index in [1.807, 2.05) is 60.7 Å². The molecule has 0 aliphatic carbocycles. The van der Waals surface area contributed by atoms with Gasteiger partial charge in [0.15, 0.2) is 11.6 Å². The molecule has 0 aromatic heterocycles. The third kappa shape index (κ3) is 3.65. The highest BCUT2D eigenvalue weighted by Gasteiger charge is 2.47. The number of nitrogens with zero attached hydrogens (tertiary/aromatic N) is 1. The predicted molar refractivity (Wildman–Crippen MR) is 139 cm³/mol. The standard InChI is InChI=1S/C31H19F2NO3/c32-25-15-14-22(17-26(25)33)34-28(24-11-5-9-19-7-3-4-10-23(19)24)27(30(36)31(34)37)29(35)21-13-12-18-6-1-2-8-20(18)16-21/h1-17,28,35H/b29-27-. The van der Waals surface area contributed by atoms with Crippen molar-refractivity contribution in [1.82, 2.24) is 0 Å². The van der Waals surface area contributed by atoms with Gasteiger partial charge in [0.05, 0.1) is 11.6 Å².